The predicted molar refractivity (Wildman–Crippen MR) is 94.8 cm³/mol. The van der Waals surface area contributed by atoms with Crippen molar-refractivity contribution in [1.82, 2.24) is 25.1 Å². The number of aromatic nitrogens is 4. The molecule has 8 nitrogen and oxygen atoms in total. The Bertz CT molecular complexity index is 940. The van der Waals surface area contributed by atoms with Gasteiger partial charge in [-0.1, -0.05) is 0 Å². The summed E-state index contributed by atoms with van der Waals surface area (Å²) in [5.41, 5.74) is 1.54. The van der Waals surface area contributed by atoms with Crippen LogP contribution in [0.1, 0.15) is 36.2 Å². The number of likely N-dealkylation sites (tertiary alicyclic amines) is 1. The molecule has 2 aromatic heterocycles. The molecule has 1 aromatic carbocycles. The van der Waals surface area contributed by atoms with E-state index in [9.17, 15) is 4.79 Å². The minimum absolute atomic E-state index is 0.0921. The third-order valence-electron chi connectivity index (χ3n) is 4.78. The lowest BCUT2D eigenvalue weighted by Gasteiger charge is -2.21. The molecule has 1 aliphatic heterocycles. The standard InChI is InChI=1S/C18H21N5O3/c1-11-14(19-17(26-11)12-5-7-13(25-2)8-6-12)10-23-9-3-4-15(23)16-20-18(24)22-21-16/h5-8,15H,3-4,9-10H2,1-2H3,(H2,20,21,22,24)/t15-/m0/s1. The number of methoxy groups -OCH3 is 1. The Morgan fingerprint density at radius 3 is 2.85 bits per heavy atom. The van der Waals surface area contributed by atoms with Crippen LogP contribution in [0.25, 0.3) is 11.5 Å². The summed E-state index contributed by atoms with van der Waals surface area (Å²) >= 11 is 0. The molecule has 1 saturated heterocycles. The first-order valence-corrected chi connectivity index (χ1v) is 8.63. The molecule has 0 radical (unpaired) electrons. The van der Waals surface area contributed by atoms with Crippen LogP contribution in [0.3, 0.4) is 0 Å². The maximum Gasteiger partial charge on any atom is 0.340 e. The molecule has 0 amide bonds. The normalized spacial score (nSPS) is 17.7. The highest BCUT2D eigenvalue weighted by Gasteiger charge is 2.30. The van der Waals surface area contributed by atoms with E-state index in [0.717, 1.165) is 42.2 Å². The lowest BCUT2D eigenvalue weighted by atomic mass is 10.2. The Kier molecular flexibility index (Phi) is 4.34. The average molecular weight is 355 g/mol. The molecule has 8 heteroatoms. The predicted octanol–water partition coefficient (Wildman–Crippen LogP) is 2.41. The number of H-pyrrole nitrogens is 2. The van der Waals surface area contributed by atoms with Gasteiger partial charge in [0.15, 0.2) is 0 Å². The second kappa shape index (κ2) is 6.80. The maximum atomic E-state index is 11.3. The smallest absolute Gasteiger partial charge is 0.340 e. The van der Waals surface area contributed by atoms with Crippen molar-refractivity contribution < 1.29 is 9.15 Å². The molecule has 0 spiro atoms. The van der Waals surface area contributed by atoms with E-state index in [2.05, 4.69) is 25.1 Å². The molecule has 1 atom stereocenters. The van der Waals surface area contributed by atoms with Crippen LogP contribution < -0.4 is 10.4 Å². The summed E-state index contributed by atoms with van der Waals surface area (Å²) in [7, 11) is 1.64. The van der Waals surface area contributed by atoms with Crippen LogP contribution in [0.2, 0.25) is 0 Å². The highest BCUT2D eigenvalue weighted by atomic mass is 16.5. The summed E-state index contributed by atoms with van der Waals surface area (Å²) in [6.07, 6.45) is 2.02. The second-order valence-electron chi connectivity index (χ2n) is 6.44. The fraction of sp³-hybridized carbons (Fsp3) is 0.389. The number of rotatable bonds is 5. The topological polar surface area (TPSA) is 100 Å². The number of hydrogen-bond acceptors (Lipinski definition) is 6. The molecule has 3 aromatic rings. The number of ether oxygens (including phenoxy) is 1. The largest absolute Gasteiger partial charge is 0.497 e. The number of benzene rings is 1. The summed E-state index contributed by atoms with van der Waals surface area (Å²) in [5, 5.41) is 6.53. The molecule has 0 unspecified atom stereocenters. The van der Waals surface area contributed by atoms with Crippen LogP contribution in [-0.4, -0.2) is 38.7 Å². The van der Waals surface area contributed by atoms with Crippen LogP contribution in [0.15, 0.2) is 33.5 Å². The van der Waals surface area contributed by atoms with Crippen molar-refractivity contribution in [2.24, 2.45) is 0 Å². The molecule has 3 heterocycles. The van der Waals surface area contributed by atoms with Gasteiger partial charge in [-0.2, -0.15) is 5.10 Å². The molecule has 136 valence electrons. The Balaban J connectivity index is 1.54. The summed E-state index contributed by atoms with van der Waals surface area (Å²) < 4.78 is 11.1. The minimum atomic E-state index is -0.272. The average Bonchev–Trinajstić information content (AvgIpc) is 3.36. The van der Waals surface area contributed by atoms with Crippen molar-refractivity contribution >= 4 is 0 Å². The molecule has 2 N–H and O–H groups in total. The van der Waals surface area contributed by atoms with Crippen LogP contribution in [0, 0.1) is 6.92 Å². The van der Waals surface area contributed by atoms with Crippen molar-refractivity contribution in [3.05, 3.63) is 52.0 Å². The zero-order valence-electron chi connectivity index (χ0n) is 14.8. The van der Waals surface area contributed by atoms with Crippen molar-refractivity contribution in [2.45, 2.75) is 32.4 Å². The molecular weight excluding hydrogens is 334 g/mol. The highest BCUT2D eigenvalue weighted by molar-refractivity contribution is 5.55. The zero-order valence-corrected chi connectivity index (χ0v) is 14.8. The Hall–Kier alpha value is -2.87. The van der Waals surface area contributed by atoms with Crippen LogP contribution in [0.4, 0.5) is 0 Å². The van der Waals surface area contributed by atoms with E-state index >= 15 is 0 Å². The number of aromatic amines is 2. The van der Waals surface area contributed by atoms with Gasteiger partial charge >= 0.3 is 5.69 Å². The summed E-state index contributed by atoms with van der Waals surface area (Å²) in [4.78, 5) is 21.1. The van der Waals surface area contributed by atoms with Gasteiger partial charge in [0, 0.05) is 12.1 Å². The third kappa shape index (κ3) is 3.15. The van der Waals surface area contributed by atoms with Crippen molar-refractivity contribution in [1.29, 1.82) is 0 Å². The number of aryl methyl sites for hydroxylation is 1. The first-order chi connectivity index (χ1) is 12.6. The van der Waals surface area contributed by atoms with Gasteiger partial charge in [0.1, 0.15) is 17.3 Å². The Morgan fingerprint density at radius 2 is 2.15 bits per heavy atom. The molecule has 4 rings (SSSR count). The van der Waals surface area contributed by atoms with Gasteiger partial charge in [-0.05, 0) is 50.6 Å². The first kappa shape index (κ1) is 16.6. The number of nitrogens with one attached hydrogen (secondary N) is 2. The fourth-order valence-corrected chi connectivity index (χ4v) is 3.39. The van der Waals surface area contributed by atoms with Crippen molar-refractivity contribution in [2.75, 3.05) is 13.7 Å². The lowest BCUT2D eigenvalue weighted by Crippen LogP contribution is -2.24. The molecule has 0 aliphatic carbocycles. The number of oxazole rings is 1. The fourth-order valence-electron chi connectivity index (χ4n) is 3.39. The monoisotopic (exact) mass is 355 g/mol. The van der Waals surface area contributed by atoms with Gasteiger partial charge in [0.25, 0.3) is 0 Å². The summed E-state index contributed by atoms with van der Waals surface area (Å²) in [5.74, 6) is 2.88. The van der Waals surface area contributed by atoms with Gasteiger partial charge in [-0.15, -0.1) is 0 Å². The van der Waals surface area contributed by atoms with Gasteiger partial charge in [-0.3, -0.25) is 9.88 Å². The van der Waals surface area contributed by atoms with Crippen LogP contribution in [-0.2, 0) is 6.54 Å². The number of nitrogens with zero attached hydrogens (tertiary/aromatic N) is 3. The highest BCUT2D eigenvalue weighted by Crippen LogP contribution is 2.32. The SMILES string of the molecule is COc1ccc(-c2nc(CN3CCC[C@H]3c3n[nH]c(=O)[nH]3)c(C)o2)cc1. The third-order valence-corrected chi connectivity index (χ3v) is 4.78. The quantitative estimate of drug-likeness (QED) is 0.729. The van der Waals surface area contributed by atoms with Crippen LogP contribution >= 0.6 is 0 Å². The zero-order chi connectivity index (χ0) is 18.1. The van der Waals surface area contributed by atoms with Gasteiger partial charge < -0.3 is 9.15 Å². The minimum Gasteiger partial charge on any atom is -0.497 e. The number of hydrogen-bond donors (Lipinski definition) is 2. The van der Waals surface area contributed by atoms with E-state index in [1.165, 1.54) is 0 Å². The molecule has 26 heavy (non-hydrogen) atoms. The van der Waals surface area contributed by atoms with E-state index < -0.39 is 0 Å². The van der Waals surface area contributed by atoms with E-state index in [4.69, 9.17) is 9.15 Å². The lowest BCUT2D eigenvalue weighted by molar-refractivity contribution is 0.236. The maximum absolute atomic E-state index is 11.3. The Morgan fingerprint density at radius 1 is 1.35 bits per heavy atom. The molecule has 0 bridgehead atoms. The Labute approximate surface area is 150 Å². The van der Waals surface area contributed by atoms with E-state index in [1.807, 2.05) is 31.2 Å². The molecule has 1 fully saturated rings. The van der Waals surface area contributed by atoms with Gasteiger partial charge in [0.05, 0.1) is 18.8 Å². The van der Waals surface area contributed by atoms with Crippen molar-refractivity contribution in [3.8, 4) is 17.2 Å². The molecule has 0 saturated carbocycles. The van der Waals surface area contributed by atoms with Gasteiger partial charge in [0.2, 0.25) is 5.89 Å². The second-order valence-corrected chi connectivity index (χ2v) is 6.44. The molecular formula is C18H21N5O3. The van der Waals surface area contributed by atoms with E-state index in [-0.39, 0.29) is 11.7 Å². The summed E-state index contributed by atoms with van der Waals surface area (Å²) in [6, 6.07) is 7.73. The van der Waals surface area contributed by atoms with E-state index in [1.54, 1.807) is 7.11 Å². The summed E-state index contributed by atoms with van der Waals surface area (Å²) in [6.45, 7) is 3.52. The molecule has 1 aliphatic rings. The van der Waals surface area contributed by atoms with Gasteiger partial charge in [-0.25, -0.2) is 14.9 Å². The van der Waals surface area contributed by atoms with Crippen molar-refractivity contribution in [3.63, 3.8) is 0 Å². The van der Waals surface area contributed by atoms with Crippen LogP contribution in [0.5, 0.6) is 5.75 Å². The van der Waals surface area contributed by atoms with E-state index in [0.29, 0.717) is 18.3 Å². The first-order valence-electron chi connectivity index (χ1n) is 8.63.